The molecular formula is C29H20F8N6O2. The number of alkyl halides is 6. The highest BCUT2D eigenvalue weighted by Gasteiger charge is 2.39. The molecule has 0 atom stereocenters. The summed E-state index contributed by atoms with van der Waals surface area (Å²) in [5.41, 5.74) is -4.26. The lowest BCUT2D eigenvalue weighted by molar-refractivity contribution is -0.140. The van der Waals surface area contributed by atoms with Crippen LogP contribution >= 0.6 is 0 Å². The number of carbonyl (C=O) groups is 1. The molecule has 1 aliphatic heterocycles. The summed E-state index contributed by atoms with van der Waals surface area (Å²) in [4.78, 5) is 33.9. The molecule has 1 amide bonds. The van der Waals surface area contributed by atoms with Crippen LogP contribution in [0, 0.1) is 11.6 Å². The molecule has 16 heteroatoms. The molecule has 6 rings (SSSR count). The fraction of sp³-hybridized carbons (Fsp3) is 0.241. The van der Waals surface area contributed by atoms with Crippen LogP contribution in [-0.4, -0.2) is 48.2 Å². The lowest BCUT2D eigenvalue weighted by Gasteiger charge is -2.32. The van der Waals surface area contributed by atoms with E-state index in [-0.39, 0.29) is 48.5 Å². The van der Waals surface area contributed by atoms with Gasteiger partial charge in [-0.25, -0.2) is 18.3 Å². The van der Waals surface area contributed by atoms with E-state index >= 15 is 0 Å². The van der Waals surface area contributed by atoms with Crippen LogP contribution in [0.25, 0.3) is 28.0 Å². The zero-order valence-electron chi connectivity index (χ0n) is 22.8. The zero-order chi connectivity index (χ0) is 32.3. The van der Waals surface area contributed by atoms with Gasteiger partial charge in [-0.2, -0.15) is 31.4 Å². The lowest BCUT2D eigenvalue weighted by atomic mass is 10.0. The molecule has 45 heavy (non-hydrogen) atoms. The first kappa shape index (κ1) is 30.0. The molecule has 234 valence electrons. The Morgan fingerprint density at radius 2 is 1.64 bits per heavy atom. The van der Waals surface area contributed by atoms with Crippen LogP contribution in [0.15, 0.2) is 65.7 Å². The minimum Gasteiger partial charge on any atom is -0.337 e. The maximum absolute atomic E-state index is 14.5. The van der Waals surface area contributed by atoms with E-state index in [4.69, 9.17) is 0 Å². The summed E-state index contributed by atoms with van der Waals surface area (Å²) >= 11 is 0. The van der Waals surface area contributed by atoms with Crippen LogP contribution < -0.4 is 5.69 Å². The topological polar surface area (TPSA) is 88.8 Å². The van der Waals surface area contributed by atoms with Crippen molar-refractivity contribution in [3.05, 3.63) is 99.9 Å². The third-order valence-corrected chi connectivity index (χ3v) is 7.62. The second-order valence-corrected chi connectivity index (χ2v) is 10.4. The van der Waals surface area contributed by atoms with Crippen molar-refractivity contribution in [3.8, 4) is 16.9 Å². The van der Waals surface area contributed by atoms with Gasteiger partial charge in [-0.05, 0) is 55.3 Å². The van der Waals surface area contributed by atoms with Crippen LogP contribution in [0.3, 0.4) is 0 Å². The molecule has 1 fully saturated rings. The molecule has 0 unspecified atom stereocenters. The van der Waals surface area contributed by atoms with Crippen molar-refractivity contribution >= 4 is 16.9 Å². The van der Waals surface area contributed by atoms with Crippen molar-refractivity contribution in [3.63, 3.8) is 0 Å². The Kier molecular flexibility index (Phi) is 7.24. The third-order valence-electron chi connectivity index (χ3n) is 7.62. The number of hydrogen-bond donors (Lipinski definition) is 1. The average Bonchev–Trinajstić information content (AvgIpc) is 3.57. The number of carbonyl (C=O) groups excluding carboxylic acids is 1. The number of imidazole rings is 1. The number of nitrogens with zero attached hydrogens (tertiary/aromatic N) is 5. The van der Waals surface area contributed by atoms with Crippen molar-refractivity contribution in [2.75, 3.05) is 13.1 Å². The van der Waals surface area contributed by atoms with Gasteiger partial charge in [0.05, 0.1) is 28.0 Å². The first-order valence-electron chi connectivity index (χ1n) is 13.4. The summed E-state index contributed by atoms with van der Waals surface area (Å²) in [7, 11) is 0. The van der Waals surface area contributed by atoms with Crippen LogP contribution in [0.5, 0.6) is 0 Å². The SMILES string of the molecule is O=C(c1cc(-c2cccnc2)n(-c2ccc(C(F)(F)F)c(F)c2)n1)N1CCC(n2c(=O)[nH]c3ccc(F)c(C(F)(F)F)c32)CC1. The molecule has 4 heterocycles. The number of rotatable bonds is 4. The Morgan fingerprint density at radius 1 is 0.911 bits per heavy atom. The predicted octanol–water partition coefficient (Wildman–Crippen LogP) is 6.37. The van der Waals surface area contributed by atoms with Gasteiger partial charge in [0.15, 0.2) is 5.69 Å². The minimum atomic E-state index is -5.07. The number of amides is 1. The smallest absolute Gasteiger partial charge is 0.337 e. The summed E-state index contributed by atoms with van der Waals surface area (Å²) in [6, 6.07) is 7.66. The number of pyridine rings is 1. The van der Waals surface area contributed by atoms with Crippen LogP contribution in [0.1, 0.15) is 40.5 Å². The Balaban J connectivity index is 1.30. The highest BCUT2D eigenvalue weighted by molar-refractivity contribution is 5.93. The van der Waals surface area contributed by atoms with Gasteiger partial charge in [0.2, 0.25) is 0 Å². The molecule has 8 nitrogen and oxygen atoms in total. The number of fused-ring (bicyclic) bond motifs is 1. The lowest BCUT2D eigenvalue weighted by Crippen LogP contribution is -2.40. The largest absolute Gasteiger partial charge is 0.421 e. The Hall–Kier alpha value is -5.02. The molecule has 1 aliphatic rings. The number of piperidine rings is 1. The number of hydrogen-bond acceptors (Lipinski definition) is 4. The van der Waals surface area contributed by atoms with E-state index in [0.29, 0.717) is 23.8 Å². The highest BCUT2D eigenvalue weighted by atomic mass is 19.4. The Labute approximate surface area is 247 Å². The van der Waals surface area contributed by atoms with Crippen LogP contribution in [0.4, 0.5) is 35.1 Å². The second kappa shape index (κ2) is 10.9. The van der Waals surface area contributed by atoms with Gasteiger partial charge in [-0.3, -0.25) is 14.3 Å². The molecule has 1 saturated heterocycles. The number of benzene rings is 2. The molecule has 0 bridgehead atoms. The van der Waals surface area contributed by atoms with Gasteiger partial charge < -0.3 is 9.88 Å². The first-order valence-corrected chi connectivity index (χ1v) is 13.4. The standard InChI is InChI=1S/C29H20F8N6O2/c30-19-5-6-21-25(24(19)29(35,36)37)42(27(45)39-21)16-7-10-41(11-8-16)26(44)22-13-23(15-2-1-9-38-14-15)43(40-22)17-3-4-18(20(31)12-17)28(32,33)34/h1-6,9,12-14,16H,7-8,10-11H2,(H,39,45). The summed E-state index contributed by atoms with van der Waals surface area (Å²) in [6.07, 6.45) is -7.00. The van der Waals surface area contributed by atoms with Gasteiger partial charge in [0.25, 0.3) is 5.91 Å². The van der Waals surface area contributed by atoms with E-state index in [1.165, 1.54) is 23.4 Å². The number of halogens is 8. The Bertz CT molecular complexity index is 1970. The molecule has 2 aromatic carbocycles. The average molecular weight is 637 g/mol. The number of likely N-dealkylation sites (tertiary alicyclic amines) is 1. The van der Waals surface area contributed by atoms with Crippen molar-refractivity contribution in [1.29, 1.82) is 0 Å². The van der Waals surface area contributed by atoms with E-state index in [1.807, 2.05) is 0 Å². The molecule has 0 radical (unpaired) electrons. The molecule has 3 aromatic heterocycles. The number of aromatic amines is 1. The van der Waals surface area contributed by atoms with Gasteiger partial charge in [0, 0.05) is 43.2 Å². The number of H-pyrrole nitrogens is 1. The fourth-order valence-corrected chi connectivity index (χ4v) is 5.57. The molecule has 0 aliphatic carbocycles. The monoisotopic (exact) mass is 636 g/mol. The maximum Gasteiger partial charge on any atom is 0.421 e. The van der Waals surface area contributed by atoms with Crippen molar-refractivity contribution in [1.82, 2.24) is 29.2 Å². The number of nitrogens with one attached hydrogen (secondary N) is 1. The van der Waals surface area contributed by atoms with Gasteiger partial charge in [-0.1, -0.05) is 0 Å². The van der Waals surface area contributed by atoms with Gasteiger partial charge >= 0.3 is 18.0 Å². The summed E-state index contributed by atoms with van der Waals surface area (Å²) < 4.78 is 111. The van der Waals surface area contributed by atoms with E-state index in [1.54, 1.807) is 12.1 Å². The Morgan fingerprint density at radius 3 is 2.27 bits per heavy atom. The van der Waals surface area contributed by atoms with E-state index in [9.17, 15) is 44.7 Å². The van der Waals surface area contributed by atoms with E-state index in [0.717, 1.165) is 21.4 Å². The van der Waals surface area contributed by atoms with Crippen molar-refractivity contribution < 1.29 is 39.9 Å². The first-order chi connectivity index (χ1) is 21.2. The van der Waals surface area contributed by atoms with Crippen LogP contribution in [-0.2, 0) is 12.4 Å². The van der Waals surface area contributed by atoms with Crippen LogP contribution in [0.2, 0.25) is 0 Å². The quantitative estimate of drug-likeness (QED) is 0.232. The summed E-state index contributed by atoms with van der Waals surface area (Å²) in [5, 5.41) is 4.26. The van der Waals surface area contributed by atoms with Crippen molar-refractivity contribution in [2.24, 2.45) is 0 Å². The molecular weight excluding hydrogens is 616 g/mol. The molecule has 0 saturated carbocycles. The highest BCUT2D eigenvalue weighted by Crippen LogP contribution is 2.38. The number of aromatic nitrogens is 5. The minimum absolute atomic E-state index is 0.0106. The normalized spacial score (nSPS) is 14.8. The predicted molar refractivity (Wildman–Crippen MR) is 143 cm³/mol. The van der Waals surface area contributed by atoms with Gasteiger partial charge in [-0.15, -0.1) is 0 Å². The van der Waals surface area contributed by atoms with Crippen molar-refractivity contribution in [2.45, 2.75) is 31.2 Å². The van der Waals surface area contributed by atoms with E-state index in [2.05, 4.69) is 15.1 Å². The third kappa shape index (κ3) is 5.44. The van der Waals surface area contributed by atoms with E-state index < -0.39 is 58.3 Å². The molecule has 5 aromatic rings. The summed E-state index contributed by atoms with van der Waals surface area (Å²) in [6.45, 7) is -0.0213. The maximum atomic E-state index is 14.5. The molecule has 0 spiro atoms. The van der Waals surface area contributed by atoms with Gasteiger partial charge in [0.1, 0.15) is 17.2 Å². The molecule has 1 N–H and O–H groups in total. The second-order valence-electron chi connectivity index (χ2n) is 10.4. The fourth-order valence-electron chi connectivity index (χ4n) is 5.57. The summed E-state index contributed by atoms with van der Waals surface area (Å²) in [5.74, 6) is -3.68. The zero-order valence-corrected chi connectivity index (χ0v) is 22.8.